The van der Waals surface area contributed by atoms with Crippen molar-refractivity contribution in [2.24, 2.45) is 5.73 Å². The molecule has 0 bridgehead atoms. The Morgan fingerprint density at radius 2 is 2.00 bits per heavy atom. The summed E-state index contributed by atoms with van der Waals surface area (Å²) in [6.45, 7) is 0. The van der Waals surface area contributed by atoms with Crippen LogP contribution < -0.4 is 11.3 Å². The van der Waals surface area contributed by atoms with E-state index in [0.29, 0.717) is 22.8 Å². The molecular formula is C25H19ClN8O2. The number of pyridine rings is 1. The van der Waals surface area contributed by atoms with E-state index in [9.17, 15) is 9.59 Å². The first-order valence-corrected chi connectivity index (χ1v) is 11.6. The number of H-pyrrole nitrogens is 1. The molecule has 0 saturated carbocycles. The third-order valence-corrected chi connectivity index (χ3v) is 6.60. The SMILES string of the molecule is NC(=O)c1cccc(-c2cnc(C3CCc4cc(-c5cc(Cl)ccc5-n5cnnn5)cc(=O)n43)[nH]2)c1. The summed E-state index contributed by atoms with van der Waals surface area (Å²) in [6.07, 6.45) is 4.64. The number of imidazole rings is 1. The lowest BCUT2D eigenvalue weighted by Gasteiger charge is -2.15. The maximum atomic E-state index is 13.4. The van der Waals surface area contributed by atoms with Crippen molar-refractivity contribution in [3.8, 4) is 28.1 Å². The van der Waals surface area contributed by atoms with Crippen molar-refractivity contribution in [2.45, 2.75) is 18.9 Å². The first-order chi connectivity index (χ1) is 17.5. The largest absolute Gasteiger partial charge is 0.366 e. The summed E-state index contributed by atoms with van der Waals surface area (Å²) in [5.74, 6) is 0.187. The topological polar surface area (TPSA) is 137 Å². The van der Waals surface area contributed by atoms with Gasteiger partial charge in [-0.25, -0.2) is 4.98 Å². The molecule has 0 saturated heterocycles. The van der Waals surface area contributed by atoms with Gasteiger partial charge in [0.15, 0.2) is 0 Å². The van der Waals surface area contributed by atoms with E-state index in [1.807, 2.05) is 18.2 Å². The molecule has 0 fully saturated rings. The van der Waals surface area contributed by atoms with E-state index in [2.05, 4.69) is 25.5 Å². The molecule has 0 spiro atoms. The number of nitrogens with zero attached hydrogens (tertiary/aromatic N) is 6. The predicted molar refractivity (Wildman–Crippen MR) is 133 cm³/mol. The molecule has 2 aromatic carbocycles. The quantitative estimate of drug-likeness (QED) is 0.382. The van der Waals surface area contributed by atoms with Crippen molar-refractivity contribution in [3.63, 3.8) is 0 Å². The number of benzene rings is 2. The number of aromatic nitrogens is 7. The second-order valence-electron chi connectivity index (χ2n) is 8.54. The van der Waals surface area contributed by atoms with Crippen LogP contribution in [-0.4, -0.2) is 40.6 Å². The molecule has 3 N–H and O–H groups in total. The third kappa shape index (κ3) is 3.77. The highest BCUT2D eigenvalue weighted by Crippen LogP contribution is 2.34. The fourth-order valence-electron chi connectivity index (χ4n) is 4.71. The molecule has 0 radical (unpaired) electrons. The summed E-state index contributed by atoms with van der Waals surface area (Å²) >= 11 is 6.29. The number of halogens is 1. The van der Waals surface area contributed by atoms with Crippen molar-refractivity contribution in [1.82, 2.24) is 34.7 Å². The van der Waals surface area contributed by atoms with E-state index >= 15 is 0 Å². The lowest BCUT2D eigenvalue weighted by Crippen LogP contribution is -2.23. The van der Waals surface area contributed by atoms with Crippen molar-refractivity contribution in [2.75, 3.05) is 0 Å². The highest BCUT2D eigenvalue weighted by molar-refractivity contribution is 6.31. The molecule has 1 aliphatic rings. The fourth-order valence-corrected chi connectivity index (χ4v) is 4.89. The van der Waals surface area contributed by atoms with Gasteiger partial charge >= 0.3 is 0 Å². The Bertz CT molecular complexity index is 1670. The molecule has 10 nitrogen and oxygen atoms in total. The zero-order valence-corrected chi connectivity index (χ0v) is 19.6. The molecule has 5 aromatic rings. The molecule has 1 atom stereocenters. The minimum Gasteiger partial charge on any atom is -0.366 e. The van der Waals surface area contributed by atoms with Gasteiger partial charge in [0.05, 0.1) is 23.6 Å². The van der Waals surface area contributed by atoms with Gasteiger partial charge in [0.1, 0.15) is 12.2 Å². The van der Waals surface area contributed by atoms with E-state index in [1.165, 1.54) is 11.0 Å². The maximum absolute atomic E-state index is 13.4. The number of aromatic amines is 1. The molecule has 11 heteroatoms. The van der Waals surface area contributed by atoms with Gasteiger partial charge in [0.2, 0.25) is 5.91 Å². The molecule has 1 amide bonds. The number of amides is 1. The molecule has 1 unspecified atom stereocenters. The Hall–Kier alpha value is -4.57. The number of carbonyl (C=O) groups excluding carboxylic acids is 1. The summed E-state index contributed by atoms with van der Waals surface area (Å²) in [6, 6.07) is 15.8. The van der Waals surface area contributed by atoms with Crippen LogP contribution in [-0.2, 0) is 6.42 Å². The number of fused-ring (bicyclic) bond motifs is 1. The normalized spacial score (nSPS) is 14.6. The summed E-state index contributed by atoms with van der Waals surface area (Å²) < 4.78 is 3.31. The highest BCUT2D eigenvalue weighted by Gasteiger charge is 2.28. The van der Waals surface area contributed by atoms with Crippen LogP contribution in [0.3, 0.4) is 0 Å². The third-order valence-electron chi connectivity index (χ3n) is 6.37. The number of nitrogens with two attached hydrogens (primary N) is 1. The summed E-state index contributed by atoms with van der Waals surface area (Å²) in [5.41, 5.74) is 10.4. The summed E-state index contributed by atoms with van der Waals surface area (Å²) in [4.78, 5) is 32.8. The monoisotopic (exact) mass is 498 g/mol. The number of nitrogens with one attached hydrogen (secondary N) is 1. The number of hydrogen-bond donors (Lipinski definition) is 2. The molecule has 3 aromatic heterocycles. The number of carbonyl (C=O) groups is 1. The Balaban J connectivity index is 1.37. The average Bonchev–Trinajstić information content (AvgIpc) is 3.64. The standard InChI is InChI=1S/C25H19ClN8O2/c26-17-4-6-21(33-13-29-31-32-33)19(11-17)16-9-18-5-7-22(34(18)23(35)10-16)25-28-12-20(30-25)14-2-1-3-15(8-14)24(27)36/h1-4,6,8-13,22H,5,7H2,(H2,27,36)(H,28,30). The van der Waals surface area contributed by atoms with E-state index in [-0.39, 0.29) is 11.6 Å². The number of aryl methyl sites for hydroxylation is 1. The van der Waals surface area contributed by atoms with Crippen LogP contribution in [0.5, 0.6) is 0 Å². The highest BCUT2D eigenvalue weighted by atomic mass is 35.5. The van der Waals surface area contributed by atoms with Crippen LogP contribution in [0.4, 0.5) is 0 Å². The first kappa shape index (κ1) is 21.9. The van der Waals surface area contributed by atoms with Crippen LogP contribution in [0.15, 0.2) is 71.9 Å². The van der Waals surface area contributed by atoms with Gasteiger partial charge in [-0.15, -0.1) is 5.10 Å². The Morgan fingerprint density at radius 1 is 1.11 bits per heavy atom. The zero-order valence-electron chi connectivity index (χ0n) is 18.8. The van der Waals surface area contributed by atoms with E-state index in [1.54, 1.807) is 47.2 Å². The van der Waals surface area contributed by atoms with Crippen molar-refractivity contribution >= 4 is 17.5 Å². The summed E-state index contributed by atoms with van der Waals surface area (Å²) in [7, 11) is 0. The Labute approximate surface area is 209 Å². The van der Waals surface area contributed by atoms with Gasteiger partial charge in [-0.2, -0.15) is 4.68 Å². The summed E-state index contributed by atoms with van der Waals surface area (Å²) in [5, 5.41) is 12.0. The van der Waals surface area contributed by atoms with Gasteiger partial charge in [0, 0.05) is 33.5 Å². The van der Waals surface area contributed by atoms with E-state index in [0.717, 1.165) is 40.2 Å². The van der Waals surface area contributed by atoms with Gasteiger partial charge in [-0.05, 0) is 65.2 Å². The van der Waals surface area contributed by atoms with Gasteiger partial charge in [0.25, 0.3) is 5.56 Å². The van der Waals surface area contributed by atoms with Crippen molar-refractivity contribution in [3.05, 3.63) is 99.6 Å². The number of tetrazole rings is 1. The maximum Gasteiger partial charge on any atom is 0.252 e. The molecule has 178 valence electrons. The minimum atomic E-state index is -0.494. The van der Waals surface area contributed by atoms with Gasteiger partial charge < -0.3 is 15.3 Å². The molecule has 1 aliphatic heterocycles. The predicted octanol–water partition coefficient (Wildman–Crippen LogP) is 3.17. The molecule has 4 heterocycles. The smallest absolute Gasteiger partial charge is 0.252 e. The van der Waals surface area contributed by atoms with Crippen LogP contribution >= 0.6 is 11.6 Å². The second-order valence-corrected chi connectivity index (χ2v) is 8.98. The molecule has 36 heavy (non-hydrogen) atoms. The van der Waals surface area contributed by atoms with Crippen molar-refractivity contribution in [1.29, 1.82) is 0 Å². The molecule has 6 rings (SSSR count). The fraction of sp³-hybridized carbons (Fsp3) is 0.120. The van der Waals surface area contributed by atoms with Crippen LogP contribution in [0.2, 0.25) is 5.02 Å². The van der Waals surface area contributed by atoms with E-state index < -0.39 is 5.91 Å². The Morgan fingerprint density at radius 3 is 2.81 bits per heavy atom. The van der Waals surface area contributed by atoms with Gasteiger partial charge in [-0.1, -0.05) is 23.7 Å². The van der Waals surface area contributed by atoms with E-state index in [4.69, 9.17) is 17.3 Å². The number of primary amides is 1. The van der Waals surface area contributed by atoms with Crippen LogP contribution in [0.1, 0.15) is 34.3 Å². The Kier molecular flexibility index (Phi) is 5.23. The minimum absolute atomic E-state index is 0.138. The lowest BCUT2D eigenvalue weighted by molar-refractivity contribution is 0.100. The average molecular weight is 499 g/mol. The lowest BCUT2D eigenvalue weighted by atomic mass is 10.0. The first-order valence-electron chi connectivity index (χ1n) is 11.2. The number of rotatable bonds is 5. The van der Waals surface area contributed by atoms with Crippen LogP contribution in [0.25, 0.3) is 28.1 Å². The van der Waals surface area contributed by atoms with Crippen molar-refractivity contribution < 1.29 is 4.79 Å². The molecule has 0 aliphatic carbocycles. The zero-order chi connectivity index (χ0) is 24.8. The number of hydrogen-bond acceptors (Lipinski definition) is 6. The van der Waals surface area contributed by atoms with Gasteiger partial charge in [-0.3, -0.25) is 9.59 Å². The molecular weight excluding hydrogens is 480 g/mol. The second kappa shape index (κ2) is 8.58. The van der Waals surface area contributed by atoms with Crippen LogP contribution in [0, 0.1) is 0 Å².